The first kappa shape index (κ1) is 20.6. The number of carbonyl (C=O) groups is 1. The van der Waals surface area contributed by atoms with Crippen molar-refractivity contribution in [1.29, 1.82) is 0 Å². The van der Waals surface area contributed by atoms with Crippen LogP contribution in [0.4, 0.5) is 0 Å². The molecule has 3 aromatic rings. The molecule has 10 heteroatoms. The summed E-state index contributed by atoms with van der Waals surface area (Å²) in [6, 6.07) is 9.31. The summed E-state index contributed by atoms with van der Waals surface area (Å²) < 4.78 is 29.0. The van der Waals surface area contributed by atoms with Crippen molar-refractivity contribution < 1.29 is 13.2 Å². The number of fused-ring (bicyclic) bond motifs is 1. The molecule has 0 N–H and O–H groups in total. The van der Waals surface area contributed by atoms with E-state index in [2.05, 4.69) is 4.99 Å². The van der Waals surface area contributed by atoms with Crippen LogP contribution in [-0.4, -0.2) is 36.3 Å². The van der Waals surface area contributed by atoms with Gasteiger partial charge in [-0.05, 0) is 49.2 Å². The summed E-state index contributed by atoms with van der Waals surface area (Å²) in [6.45, 7) is 0. The lowest BCUT2D eigenvalue weighted by molar-refractivity contribution is 0.0998. The van der Waals surface area contributed by atoms with Gasteiger partial charge in [-0.15, -0.1) is 0 Å². The van der Waals surface area contributed by atoms with E-state index in [0.717, 1.165) is 17.5 Å². The summed E-state index contributed by atoms with van der Waals surface area (Å²) in [5, 5.41) is 1.06. The largest absolute Gasteiger partial charge is 0.318 e. The Morgan fingerprint density at radius 3 is 2.34 bits per heavy atom. The molecular weight excluding hydrogens is 453 g/mol. The molecule has 1 aliphatic carbocycles. The van der Waals surface area contributed by atoms with E-state index in [-0.39, 0.29) is 10.9 Å². The highest BCUT2D eigenvalue weighted by Crippen LogP contribution is 2.32. The third-order valence-corrected chi connectivity index (χ3v) is 8.71. The van der Waals surface area contributed by atoms with Crippen LogP contribution in [0, 0.1) is 0 Å². The van der Waals surface area contributed by atoms with Gasteiger partial charge >= 0.3 is 0 Å². The van der Waals surface area contributed by atoms with E-state index >= 15 is 0 Å². The number of carbonyl (C=O) groups excluding carboxylic acids is 1. The molecule has 1 saturated carbocycles. The molecule has 29 heavy (non-hydrogen) atoms. The monoisotopic (exact) mass is 469 g/mol. The maximum atomic E-state index is 12.6. The molecule has 0 bridgehead atoms. The maximum absolute atomic E-state index is 12.6. The van der Waals surface area contributed by atoms with Crippen molar-refractivity contribution in [2.75, 3.05) is 7.05 Å². The Morgan fingerprint density at radius 2 is 1.76 bits per heavy atom. The molecule has 0 aliphatic heterocycles. The normalized spacial score (nSPS) is 15.4. The third-order valence-electron chi connectivity index (χ3n) is 4.89. The zero-order valence-corrected chi connectivity index (χ0v) is 18.7. The van der Waals surface area contributed by atoms with Gasteiger partial charge in [0.2, 0.25) is 10.0 Å². The van der Waals surface area contributed by atoms with Gasteiger partial charge in [0, 0.05) is 25.7 Å². The van der Waals surface area contributed by atoms with Gasteiger partial charge in [-0.2, -0.15) is 9.30 Å². The van der Waals surface area contributed by atoms with Crippen molar-refractivity contribution >= 4 is 60.7 Å². The van der Waals surface area contributed by atoms with E-state index in [4.69, 9.17) is 23.2 Å². The minimum absolute atomic E-state index is 0.0721. The first-order chi connectivity index (χ1) is 13.7. The smallest absolute Gasteiger partial charge is 0.279 e. The lowest BCUT2D eigenvalue weighted by atomic mass is 10.2. The van der Waals surface area contributed by atoms with E-state index in [9.17, 15) is 13.2 Å². The second-order valence-electron chi connectivity index (χ2n) is 6.84. The standard InChI is InChI=1S/C19H17Cl2N3O3S2/c1-23-16-14(20)9-10-15(21)17(16)28-19(23)22-18(25)11-3-7-13(8-4-11)29(26,27)24(2)12-5-6-12/h3-4,7-10,12H,5-6H2,1-2H3. The summed E-state index contributed by atoms with van der Waals surface area (Å²) in [6.07, 6.45) is 1.76. The Hall–Kier alpha value is -1.71. The summed E-state index contributed by atoms with van der Waals surface area (Å²) >= 11 is 13.7. The second-order valence-corrected chi connectivity index (χ2v) is 10.6. The Morgan fingerprint density at radius 1 is 1.14 bits per heavy atom. The first-order valence-electron chi connectivity index (χ1n) is 8.81. The summed E-state index contributed by atoms with van der Waals surface area (Å²) in [5.74, 6) is -0.473. The molecule has 6 nitrogen and oxygen atoms in total. The van der Waals surface area contributed by atoms with Gasteiger partial charge < -0.3 is 4.57 Å². The van der Waals surface area contributed by atoms with Crippen LogP contribution in [0.3, 0.4) is 0 Å². The molecule has 0 spiro atoms. The number of benzene rings is 2. The number of amides is 1. The minimum atomic E-state index is -3.55. The molecule has 0 atom stereocenters. The van der Waals surface area contributed by atoms with Crippen molar-refractivity contribution in [3.63, 3.8) is 0 Å². The van der Waals surface area contributed by atoms with E-state index in [1.807, 2.05) is 0 Å². The maximum Gasteiger partial charge on any atom is 0.279 e. The average molecular weight is 470 g/mol. The first-order valence-corrected chi connectivity index (χ1v) is 11.8. The number of sulfonamides is 1. The Balaban J connectivity index is 1.67. The van der Waals surface area contributed by atoms with E-state index < -0.39 is 15.9 Å². The van der Waals surface area contributed by atoms with Gasteiger partial charge in [-0.25, -0.2) is 8.42 Å². The number of rotatable bonds is 4. The summed E-state index contributed by atoms with van der Waals surface area (Å²) in [7, 11) is -0.208. The van der Waals surface area contributed by atoms with E-state index in [1.54, 1.807) is 30.8 Å². The Labute approximate surface area is 182 Å². The molecule has 0 unspecified atom stereocenters. The molecule has 1 amide bonds. The van der Waals surface area contributed by atoms with Crippen LogP contribution >= 0.6 is 34.5 Å². The summed E-state index contributed by atoms with van der Waals surface area (Å²) in [4.78, 5) is 17.4. The predicted molar refractivity (Wildman–Crippen MR) is 115 cm³/mol. The lowest BCUT2D eigenvalue weighted by Gasteiger charge is -2.16. The number of aromatic nitrogens is 1. The lowest BCUT2D eigenvalue weighted by Crippen LogP contribution is -2.28. The van der Waals surface area contributed by atoms with E-state index in [1.165, 1.54) is 39.9 Å². The molecule has 1 aromatic heterocycles. The van der Waals surface area contributed by atoms with Crippen molar-refractivity contribution in [3.8, 4) is 0 Å². The summed E-state index contributed by atoms with van der Waals surface area (Å²) in [5.41, 5.74) is 1.01. The van der Waals surface area contributed by atoms with Gasteiger partial charge in [0.05, 0.1) is 25.2 Å². The van der Waals surface area contributed by atoms with Gasteiger partial charge in [-0.1, -0.05) is 34.5 Å². The van der Waals surface area contributed by atoms with Crippen LogP contribution in [-0.2, 0) is 17.1 Å². The number of hydrogen-bond acceptors (Lipinski definition) is 4. The average Bonchev–Trinajstić information content (AvgIpc) is 3.49. The molecule has 0 saturated heterocycles. The van der Waals surface area contributed by atoms with Crippen LogP contribution in [0.5, 0.6) is 0 Å². The Kier molecular flexibility index (Phi) is 5.33. The minimum Gasteiger partial charge on any atom is -0.318 e. The van der Waals surface area contributed by atoms with Crippen LogP contribution in [0.2, 0.25) is 10.0 Å². The molecule has 4 rings (SSSR count). The molecule has 1 aliphatic rings. The van der Waals surface area contributed by atoms with Crippen molar-refractivity contribution in [2.24, 2.45) is 12.0 Å². The van der Waals surface area contributed by atoms with Gasteiger partial charge in [-0.3, -0.25) is 4.79 Å². The van der Waals surface area contributed by atoms with E-state index in [0.29, 0.717) is 25.9 Å². The molecular formula is C19H17Cl2N3O3S2. The molecule has 1 fully saturated rings. The quantitative estimate of drug-likeness (QED) is 0.577. The van der Waals surface area contributed by atoms with Crippen LogP contribution in [0.15, 0.2) is 46.3 Å². The fraction of sp³-hybridized carbons (Fsp3) is 0.263. The number of nitrogens with zero attached hydrogens (tertiary/aromatic N) is 3. The fourth-order valence-electron chi connectivity index (χ4n) is 3.01. The highest BCUT2D eigenvalue weighted by atomic mass is 35.5. The zero-order chi connectivity index (χ0) is 20.9. The van der Waals surface area contributed by atoms with Crippen molar-refractivity contribution in [2.45, 2.75) is 23.8 Å². The second kappa shape index (κ2) is 7.52. The zero-order valence-electron chi connectivity index (χ0n) is 15.6. The highest BCUT2D eigenvalue weighted by molar-refractivity contribution is 7.89. The third kappa shape index (κ3) is 3.75. The van der Waals surface area contributed by atoms with Crippen LogP contribution in [0.25, 0.3) is 10.2 Å². The fourth-order valence-corrected chi connectivity index (χ4v) is 6.08. The SMILES string of the molecule is CN(C1CC1)S(=O)(=O)c1ccc(C(=O)N=c2sc3c(Cl)ccc(Cl)c3n2C)cc1. The molecule has 1 heterocycles. The Bertz CT molecular complexity index is 1290. The van der Waals surface area contributed by atoms with Crippen LogP contribution < -0.4 is 4.80 Å². The highest BCUT2D eigenvalue weighted by Gasteiger charge is 2.35. The van der Waals surface area contributed by atoms with Gasteiger partial charge in [0.25, 0.3) is 5.91 Å². The van der Waals surface area contributed by atoms with Gasteiger partial charge in [0.1, 0.15) is 0 Å². The predicted octanol–water partition coefficient (Wildman–Crippen LogP) is 4.07. The number of halogens is 2. The molecule has 0 radical (unpaired) electrons. The number of aryl methyl sites for hydroxylation is 1. The number of hydrogen-bond donors (Lipinski definition) is 0. The number of thiazole rings is 1. The van der Waals surface area contributed by atoms with Crippen molar-refractivity contribution in [1.82, 2.24) is 8.87 Å². The topological polar surface area (TPSA) is 71.7 Å². The molecule has 152 valence electrons. The van der Waals surface area contributed by atoms with Gasteiger partial charge in [0.15, 0.2) is 4.80 Å². The van der Waals surface area contributed by atoms with Crippen LogP contribution in [0.1, 0.15) is 23.2 Å². The molecule has 2 aromatic carbocycles. The van der Waals surface area contributed by atoms with Crippen molar-refractivity contribution in [3.05, 3.63) is 56.8 Å².